The number of allylic oxidation sites excluding steroid dienone is 1. The van der Waals surface area contributed by atoms with Crippen LogP contribution in [-0.4, -0.2) is 4.98 Å². The molecule has 1 aromatic heterocycles. The average Bonchev–Trinajstić information content (AvgIpc) is 1.93. The van der Waals surface area contributed by atoms with Crippen LogP contribution in [0.5, 0.6) is 0 Å². The third-order valence-corrected chi connectivity index (χ3v) is 1.35. The van der Waals surface area contributed by atoms with E-state index in [0.29, 0.717) is 0 Å². The van der Waals surface area contributed by atoms with Crippen molar-refractivity contribution in [1.82, 2.24) is 4.98 Å². The Balaban J connectivity index is 3.36. The van der Waals surface area contributed by atoms with E-state index in [-0.39, 0.29) is 0 Å². The summed E-state index contributed by atoms with van der Waals surface area (Å²) in [5.74, 6) is 0. The predicted molar refractivity (Wildman–Crippen MR) is 48.3 cm³/mol. The first-order valence-electron chi connectivity index (χ1n) is 3.46. The van der Waals surface area contributed by atoms with Gasteiger partial charge in [0.2, 0.25) is 0 Å². The Morgan fingerprint density at radius 3 is 2.91 bits per heavy atom. The fourth-order valence-corrected chi connectivity index (χ4v) is 0.831. The molecule has 0 atom stereocenters. The summed E-state index contributed by atoms with van der Waals surface area (Å²) in [5.41, 5.74) is 1.02. The summed E-state index contributed by atoms with van der Waals surface area (Å²) in [6.07, 6.45) is 5.49. The van der Waals surface area contributed by atoms with Crippen molar-refractivity contribution in [1.29, 1.82) is 0 Å². The van der Waals surface area contributed by atoms with Gasteiger partial charge in [0.15, 0.2) is 0 Å². The fourth-order valence-electron chi connectivity index (χ4n) is 0.831. The van der Waals surface area contributed by atoms with Crippen molar-refractivity contribution in [2.45, 2.75) is 6.92 Å². The van der Waals surface area contributed by atoms with Gasteiger partial charge in [-0.2, -0.15) is 0 Å². The molecule has 0 aliphatic carbocycles. The maximum Gasteiger partial charge on any atom is 0.0346 e. The summed E-state index contributed by atoms with van der Waals surface area (Å²) in [6, 6.07) is 1.88. The highest BCUT2D eigenvalue weighted by Crippen LogP contribution is 1.84. The fraction of sp³-hybridized carbons (Fsp3) is 0.100. The molecule has 0 bridgehead atoms. The van der Waals surface area contributed by atoms with Crippen molar-refractivity contribution >= 4 is 12.7 Å². The summed E-state index contributed by atoms with van der Waals surface area (Å²) in [6.45, 7) is 9.59. The summed E-state index contributed by atoms with van der Waals surface area (Å²) in [5, 5.41) is 2.03. The highest BCUT2D eigenvalue weighted by Gasteiger charge is 1.80. The zero-order valence-electron chi connectivity index (χ0n) is 6.67. The molecule has 0 spiro atoms. The molecule has 0 unspecified atom stereocenters. The second-order valence-corrected chi connectivity index (χ2v) is 2.57. The van der Waals surface area contributed by atoms with Crippen LogP contribution in [-0.2, 0) is 0 Å². The molecule has 0 aromatic carbocycles. The van der Waals surface area contributed by atoms with E-state index in [1.807, 2.05) is 19.1 Å². The van der Waals surface area contributed by atoms with Crippen LogP contribution in [0.1, 0.15) is 6.92 Å². The molecule has 56 valence electrons. The SMILES string of the molecule is C=C(C)/C=c1/cnccc1=C. The van der Waals surface area contributed by atoms with Crippen LogP contribution < -0.4 is 10.4 Å². The normalized spacial score (nSPS) is 11.5. The van der Waals surface area contributed by atoms with Gasteiger partial charge in [0.25, 0.3) is 0 Å². The minimum Gasteiger partial charge on any atom is -0.264 e. The van der Waals surface area contributed by atoms with Crippen molar-refractivity contribution < 1.29 is 0 Å². The quantitative estimate of drug-likeness (QED) is 0.571. The minimum atomic E-state index is 0.989. The van der Waals surface area contributed by atoms with Crippen LogP contribution in [0.3, 0.4) is 0 Å². The molecule has 0 saturated carbocycles. The number of rotatable bonds is 1. The molecule has 0 fully saturated rings. The molecule has 0 saturated heterocycles. The molecule has 0 amide bonds. The zero-order chi connectivity index (χ0) is 8.27. The Bertz CT molecular complexity index is 363. The van der Waals surface area contributed by atoms with Crippen LogP contribution in [0, 0.1) is 0 Å². The lowest BCUT2D eigenvalue weighted by atomic mass is 10.2. The molecule has 1 aromatic rings. The van der Waals surface area contributed by atoms with E-state index < -0.39 is 0 Å². The van der Waals surface area contributed by atoms with E-state index in [1.54, 1.807) is 12.4 Å². The Morgan fingerprint density at radius 1 is 1.64 bits per heavy atom. The molecule has 0 radical (unpaired) electrons. The van der Waals surface area contributed by atoms with Crippen molar-refractivity contribution in [2.24, 2.45) is 0 Å². The van der Waals surface area contributed by atoms with Gasteiger partial charge in [0.1, 0.15) is 0 Å². The second kappa shape index (κ2) is 3.15. The van der Waals surface area contributed by atoms with Crippen molar-refractivity contribution in [3.8, 4) is 0 Å². The summed E-state index contributed by atoms with van der Waals surface area (Å²) in [4.78, 5) is 3.99. The van der Waals surface area contributed by atoms with Gasteiger partial charge in [-0.1, -0.05) is 24.8 Å². The van der Waals surface area contributed by atoms with E-state index in [4.69, 9.17) is 0 Å². The van der Waals surface area contributed by atoms with Crippen LogP contribution >= 0.6 is 0 Å². The third-order valence-electron chi connectivity index (χ3n) is 1.35. The van der Waals surface area contributed by atoms with Gasteiger partial charge in [0, 0.05) is 12.4 Å². The number of aromatic nitrogens is 1. The topological polar surface area (TPSA) is 12.9 Å². The maximum absolute atomic E-state index is 3.99. The molecule has 1 nitrogen and oxygen atoms in total. The standard InChI is InChI=1S/C10H11N/c1-8(2)6-10-7-11-5-4-9(10)3/h4-7H,1,3H2,2H3/b10-6-. The highest BCUT2D eigenvalue weighted by atomic mass is 14.6. The zero-order valence-corrected chi connectivity index (χ0v) is 6.67. The Labute approximate surface area is 66.4 Å². The van der Waals surface area contributed by atoms with Crippen LogP contribution in [0.2, 0.25) is 0 Å². The molecule has 11 heavy (non-hydrogen) atoms. The van der Waals surface area contributed by atoms with E-state index in [0.717, 1.165) is 16.0 Å². The van der Waals surface area contributed by atoms with Gasteiger partial charge in [-0.15, -0.1) is 0 Å². The monoisotopic (exact) mass is 145 g/mol. The molecule has 1 rings (SSSR count). The van der Waals surface area contributed by atoms with Gasteiger partial charge >= 0.3 is 0 Å². The van der Waals surface area contributed by atoms with E-state index in [2.05, 4.69) is 18.1 Å². The minimum absolute atomic E-state index is 0.989. The van der Waals surface area contributed by atoms with Crippen LogP contribution in [0.25, 0.3) is 12.7 Å². The molecule has 0 aliphatic rings. The van der Waals surface area contributed by atoms with Crippen LogP contribution in [0.15, 0.2) is 30.6 Å². The summed E-state index contributed by atoms with van der Waals surface area (Å²) < 4.78 is 0. The molecule has 0 N–H and O–H groups in total. The first-order valence-corrected chi connectivity index (χ1v) is 3.46. The average molecular weight is 145 g/mol. The van der Waals surface area contributed by atoms with Gasteiger partial charge in [-0.25, -0.2) is 0 Å². The van der Waals surface area contributed by atoms with Crippen LogP contribution in [0.4, 0.5) is 0 Å². The Morgan fingerprint density at radius 2 is 2.36 bits per heavy atom. The second-order valence-electron chi connectivity index (χ2n) is 2.57. The van der Waals surface area contributed by atoms with Gasteiger partial charge in [-0.05, 0) is 23.4 Å². The maximum atomic E-state index is 3.99. The largest absolute Gasteiger partial charge is 0.264 e. The lowest BCUT2D eigenvalue weighted by Crippen LogP contribution is -2.22. The highest BCUT2D eigenvalue weighted by molar-refractivity contribution is 5.42. The first kappa shape index (κ1) is 7.73. The Hall–Kier alpha value is -1.37. The smallest absolute Gasteiger partial charge is 0.0346 e. The lowest BCUT2D eigenvalue weighted by molar-refractivity contribution is 1.27. The van der Waals surface area contributed by atoms with E-state index >= 15 is 0 Å². The van der Waals surface area contributed by atoms with E-state index in [9.17, 15) is 0 Å². The predicted octanol–water partition coefficient (Wildman–Crippen LogP) is 0.848. The molecular formula is C10H11N. The van der Waals surface area contributed by atoms with Gasteiger partial charge < -0.3 is 0 Å². The van der Waals surface area contributed by atoms with Gasteiger partial charge in [0.05, 0.1) is 0 Å². The van der Waals surface area contributed by atoms with E-state index in [1.165, 1.54) is 0 Å². The lowest BCUT2D eigenvalue weighted by Gasteiger charge is -1.87. The molecule has 0 aliphatic heterocycles. The number of hydrogen-bond acceptors (Lipinski definition) is 1. The number of nitrogens with zero attached hydrogens (tertiary/aromatic N) is 1. The molecular weight excluding hydrogens is 134 g/mol. The van der Waals surface area contributed by atoms with Crippen molar-refractivity contribution in [3.05, 3.63) is 41.0 Å². The summed E-state index contributed by atoms with van der Waals surface area (Å²) >= 11 is 0. The Kier molecular flexibility index (Phi) is 2.21. The number of pyridine rings is 1. The number of hydrogen-bond donors (Lipinski definition) is 0. The summed E-state index contributed by atoms with van der Waals surface area (Å²) in [7, 11) is 0. The third kappa shape index (κ3) is 2.04. The first-order chi connectivity index (χ1) is 5.20. The van der Waals surface area contributed by atoms with Crippen molar-refractivity contribution in [3.63, 3.8) is 0 Å². The van der Waals surface area contributed by atoms with Crippen molar-refractivity contribution in [2.75, 3.05) is 0 Å². The van der Waals surface area contributed by atoms with Gasteiger partial charge in [-0.3, -0.25) is 4.98 Å². The molecule has 1 heteroatoms. The molecule has 1 heterocycles.